The summed E-state index contributed by atoms with van der Waals surface area (Å²) < 4.78 is 5.83. The van der Waals surface area contributed by atoms with Crippen molar-refractivity contribution in [2.24, 2.45) is 0 Å². The van der Waals surface area contributed by atoms with Crippen LogP contribution in [0.4, 0.5) is 11.5 Å². The number of hydrogen-bond acceptors (Lipinski definition) is 4. The van der Waals surface area contributed by atoms with E-state index in [1.54, 1.807) is 0 Å². The molecule has 0 amide bonds. The molecule has 2 N–H and O–H groups in total. The number of nitrogen functional groups attached to an aromatic ring is 1. The number of hydrogen-bond donors (Lipinski definition) is 1. The van der Waals surface area contributed by atoms with Gasteiger partial charge in [-0.2, -0.15) is 4.98 Å². The molecule has 19 heavy (non-hydrogen) atoms. The topological polar surface area (TPSA) is 51.4 Å². The van der Waals surface area contributed by atoms with Crippen LogP contribution in [0.3, 0.4) is 0 Å². The standard InChI is InChI=1S/C15H25N3O/c1-15(2,3)19-14-12(16)8-9-13(17-14)18-10-6-4-5-7-11-18/h8-9H,4-7,10-11,16H2,1-3H3. The first-order valence-corrected chi connectivity index (χ1v) is 7.16. The van der Waals surface area contributed by atoms with E-state index in [1.807, 2.05) is 32.9 Å². The highest BCUT2D eigenvalue weighted by molar-refractivity contribution is 5.54. The molecule has 0 atom stereocenters. The summed E-state index contributed by atoms with van der Waals surface area (Å²) in [5.41, 5.74) is 6.28. The largest absolute Gasteiger partial charge is 0.470 e. The third-order valence-electron chi connectivity index (χ3n) is 3.21. The lowest BCUT2D eigenvalue weighted by atomic mass is 10.2. The van der Waals surface area contributed by atoms with E-state index in [4.69, 9.17) is 10.5 Å². The van der Waals surface area contributed by atoms with Crippen LogP contribution in [-0.4, -0.2) is 23.7 Å². The summed E-state index contributed by atoms with van der Waals surface area (Å²) in [6, 6.07) is 3.89. The summed E-state index contributed by atoms with van der Waals surface area (Å²) in [4.78, 5) is 6.94. The maximum Gasteiger partial charge on any atom is 0.239 e. The van der Waals surface area contributed by atoms with Gasteiger partial charge in [0.15, 0.2) is 0 Å². The number of nitrogens with zero attached hydrogens (tertiary/aromatic N) is 2. The lowest BCUT2D eigenvalue weighted by Gasteiger charge is -2.25. The average Bonchev–Trinajstić information content (AvgIpc) is 2.59. The van der Waals surface area contributed by atoms with Gasteiger partial charge in [0.05, 0.1) is 5.69 Å². The Bertz CT molecular complexity index is 418. The number of anilines is 2. The second-order valence-electron chi connectivity index (χ2n) is 6.18. The molecule has 2 rings (SSSR count). The summed E-state index contributed by atoms with van der Waals surface area (Å²) in [5, 5.41) is 0. The maximum absolute atomic E-state index is 5.95. The molecule has 1 fully saturated rings. The average molecular weight is 263 g/mol. The third kappa shape index (κ3) is 4.01. The van der Waals surface area contributed by atoms with Crippen LogP contribution in [-0.2, 0) is 0 Å². The van der Waals surface area contributed by atoms with Crippen LogP contribution in [0.5, 0.6) is 5.88 Å². The Labute approximate surface area is 116 Å². The Morgan fingerprint density at radius 2 is 1.74 bits per heavy atom. The number of pyridine rings is 1. The molecule has 0 unspecified atom stereocenters. The molecular weight excluding hydrogens is 238 g/mol. The fourth-order valence-corrected chi connectivity index (χ4v) is 2.29. The molecule has 1 aliphatic heterocycles. The van der Waals surface area contributed by atoms with Crippen LogP contribution < -0.4 is 15.4 Å². The van der Waals surface area contributed by atoms with Crippen LogP contribution >= 0.6 is 0 Å². The van der Waals surface area contributed by atoms with Gasteiger partial charge in [-0.05, 0) is 45.7 Å². The highest BCUT2D eigenvalue weighted by Crippen LogP contribution is 2.27. The first-order chi connectivity index (χ1) is 8.96. The summed E-state index contributed by atoms with van der Waals surface area (Å²) >= 11 is 0. The number of nitrogens with two attached hydrogens (primary N) is 1. The van der Waals surface area contributed by atoms with Gasteiger partial charge < -0.3 is 15.4 Å². The van der Waals surface area contributed by atoms with Crippen molar-refractivity contribution in [3.8, 4) is 5.88 Å². The van der Waals surface area contributed by atoms with Crippen molar-refractivity contribution in [3.05, 3.63) is 12.1 Å². The molecule has 0 bridgehead atoms. The summed E-state index contributed by atoms with van der Waals surface area (Å²) in [6.07, 6.45) is 5.11. The molecule has 0 aliphatic carbocycles. The smallest absolute Gasteiger partial charge is 0.239 e. The molecule has 2 heterocycles. The van der Waals surface area contributed by atoms with Crippen molar-refractivity contribution in [3.63, 3.8) is 0 Å². The quantitative estimate of drug-likeness (QED) is 0.890. The predicted molar refractivity (Wildman–Crippen MR) is 79.7 cm³/mol. The Kier molecular flexibility index (Phi) is 4.17. The third-order valence-corrected chi connectivity index (χ3v) is 3.21. The van der Waals surface area contributed by atoms with Gasteiger partial charge in [0.25, 0.3) is 0 Å². The second kappa shape index (κ2) is 5.68. The molecule has 0 radical (unpaired) electrons. The second-order valence-corrected chi connectivity index (χ2v) is 6.18. The van der Waals surface area contributed by atoms with Crippen LogP contribution in [0.1, 0.15) is 46.5 Å². The van der Waals surface area contributed by atoms with Crippen molar-refractivity contribution in [1.82, 2.24) is 4.98 Å². The fraction of sp³-hybridized carbons (Fsp3) is 0.667. The molecule has 4 nitrogen and oxygen atoms in total. The Morgan fingerprint density at radius 3 is 2.32 bits per heavy atom. The summed E-state index contributed by atoms with van der Waals surface area (Å²) in [5.74, 6) is 1.53. The molecule has 106 valence electrons. The van der Waals surface area contributed by atoms with Crippen LogP contribution in [0.25, 0.3) is 0 Å². The lowest BCUT2D eigenvalue weighted by molar-refractivity contribution is 0.125. The Hall–Kier alpha value is -1.45. The van der Waals surface area contributed by atoms with E-state index >= 15 is 0 Å². The lowest BCUT2D eigenvalue weighted by Crippen LogP contribution is -2.27. The van der Waals surface area contributed by atoms with E-state index in [9.17, 15) is 0 Å². The molecule has 1 saturated heterocycles. The van der Waals surface area contributed by atoms with Crippen LogP contribution in [0, 0.1) is 0 Å². The highest BCUT2D eigenvalue weighted by atomic mass is 16.5. The zero-order valence-electron chi connectivity index (χ0n) is 12.3. The van der Waals surface area contributed by atoms with Crippen LogP contribution in [0.2, 0.25) is 0 Å². The minimum Gasteiger partial charge on any atom is -0.470 e. The predicted octanol–water partition coefficient (Wildman–Crippen LogP) is 3.22. The van der Waals surface area contributed by atoms with Gasteiger partial charge in [-0.3, -0.25) is 0 Å². The van der Waals surface area contributed by atoms with Gasteiger partial charge in [-0.15, -0.1) is 0 Å². The molecule has 0 spiro atoms. The summed E-state index contributed by atoms with van der Waals surface area (Å²) in [7, 11) is 0. The number of aromatic nitrogens is 1. The normalized spacial score (nSPS) is 17.1. The van der Waals surface area contributed by atoms with Gasteiger partial charge >= 0.3 is 0 Å². The molecule has 0 saturated carbocycles. The van der Waals surface area contributed by atoms with Crippen LogP contribution in [0.15, 0.2) is 12.1 Å². The first-order valence-electron chi connectivity index (χ1n) is 7.16. The van der Waals surface area contributed by atoms with Crippen molar-refractivity contribution >= 4 is 11.5 Å². The zero-order valence-corrected chi connectivity index (χ0v) is 12.3. The van der Waals surface area contributed by atoms with E-state index in [-0.39, 0.29) is 5.60 Å². The Morgan fingerprint density at radius 1 is 1.11 bits per heavy atom. The SMILES string of the molecule is CC(C)(C)Oc1nc(N2CCCCCC2)ccc1N. The molecule has 1 aromatic rings. The van der Waals surface area contributed by atoms with Gasteiger partial charge in [0, 0.05) is 13.1 Å². The van der Waals surface area contributed by atoms with E-state index < -0.39 is 0 Å². The van der Waals surface area contributed by atoms with Gasteiger partial charge in [-0.1, -0.05) is 12.8 Å². The number of ether oxygens (including phenoxy) is 1. The molecule has 0 aromatic carbocycles. The number of rotatable bonds is 2. The highest BCUT2D eigenvalue weighted by Gasteiger charge is 2.17. The van der Waals surface area contributed by atoms with Crippen molar-refractivity contribution in [2.45, 2.75) is 52.1 Å². The van der Waals surface area contributed by atoms with E-state index in [0.29, 0.717) is 11.6 Å². The Balaban J connectivity index is 2.19. The molecular formula is C15H25N3O. The van der Waals surface area contributed by atoms with Crippen molar-refractivity contribution in [2.75, 3.05) is 23.7 Å². The minimum absolute atomic E-state index is 0.279. The van der Waals surface area contributed by atoms with E-state index in [0.717, 1.165) is 18.9 Å². The van der Waals surface area contributed by atoms with Gasteiger partial charge in [0.1, 0.15) is 11.4 Å². The first kappa shape index (κ1) is 14.0. The zero-order chi connectivity index (χ0) is 13.9. The van der Waals surface area contributed by atoms with Crippen molar-refractivity contribution in [1.29, 1.82) is 0 Å². The van der Waals surface area contributed by atoms with Crippen molar-refractivity contribution < 1.29 is 4.74 Å². The van der Waals surface area contributed by atoms with Gasteiger partial charge in [0.2, 0.25) is 5.88 Å². The minimum atomic E-state index is -0.279. The molecule has 4 heteroatoms. The molecule has 1 aliphatic rings. The monoisotopic (exact) mass is 263 g/mol. The maximum atomic E-state index is 5.95. The molecule has 1 aromatic heterocycles. The van der Waals surface area contributed by atoms with E-state index in [2.05, 4.69) is 9.88 Å². The fourth-order valence-electron chi connectivity index (χ4n) is 2.29. The summed E-state index contributed by atoms with van der Waals surface area (Å²) in [6.45, 7) is 8.17. The van der Waals surface area contributed by atoms with Gasteiger partial charge in [-0.25, -0.2) is 0 Å². The van der Waals surface area contributed by atoms with E-state index in [1.165, 1.54) is 25.7 Å².